The third-order valence-corrected chi connectivity index (χ3v) is 5.38. The molecule has 0 radical (unpaired) electrons. The summed E-state index contributed by atoms with van der Waals surface area (Å²) < 4.78 is 19.3. The molecule has 0 aliphatic heterocycles. The van der Waals surface area contributed by atoms with Gasteiger partial charge in [-0.1, -0.05) is 19.1 Å². The highest BCUT2D eigenvalue weighted by Gasteiger charge is 2.36. The van der Waals surface area contributed by atoms with E-state index in [0.29, 0.717) is 40.5 Å². The fraction of sp³-hybridized carbons (Fsp3) is 0.318. The van der Waals surface area contributed by atoms with E-state index in [-0.39, 0.29) is 12.2 Å². The van der Waals surface area contributed by atoms with Crippen LogP contribution >= 0.6 is 0 Å². The molecule has 0 aromatic carbocycles. The average Bonchev–Trinajstić information content (AvgIpc) is 3.06. The number of allylic oxidation sites excluding steroid dienone is 4. The van der Waals surface area contributed by atoms with Gasteiger partial charge in [-0.2, -0.15) is 0 Å². The standard InChI is InChI=1S/C22H22FN3O3/c1-12-4-3-5-14(8-12)25-21-19-17(9-13(10-18(19)27)22(28)29-2)26-20(21)15-6-7-24-11-16(15)23/h3-7,11-13,25-26H,8-10H2,1-2H3/t12?,13-/m0/s1. The monoisotopic (exact) mass is 395 g/mol. The summed E-state index contributed by atoms with van der Waals surface area (Å²) in [5, 5.41) is 3.36. The zero-order valence-corrected chi connectivity index (χ0v) is 16.3. The van der Waals surface area contributed by atoms with Crippen LogP contribution in [0.3, 0.4) is 0 Å². The molecule has 7 heteroatoms. The van der Waals surface area contributed by atoms with Gasteiger partial charge in [0.1, 0.15) is 0 Å². The predicted octanol–water partition coefficient (Wildman–Crippen LogP) is 4.03. The minimum atomic E-state index is -0.543. The molecule has 0 bridgehead atoms. The number of esters is 1. The first-order valence-electron chi connectivity index (χ1n) is 9.58. The molecule has 4 rings (SSSR count). The minimum Gasteiger partial charge on any atom is -0.469 e. The number of anilines is 1. The molecule has 0 saturated heterocycles. The Bertz CT molecular complexity index is 1040. The summed E-state index contributed by atoms with van der Waals surface area (Å²) in [6.45, 7) is 2.10. The van der Waals surface area contributed by atoms with Crippen molar-refractivity contribution in [2.75, 3.05) is 12.4 Å². The number of ketones is 1. The molecule has 0 saturated carbocycles. The Morgan fingerprint density at radius 1 is 1.34 bits per heavy atom. The molecular weight excluding hydrogens is 373 g/mol. The third-order valence-electron chi connectivity index (χ3n) is 5.38. The van der Waals surface area contributed by atoms with Crippen molar-refractivity contribution in [3.8, 4) is 11.3 Å². The number of aromatic nitrogens is 2. The summed E-state index contributed by atoms with van der Waals surface area (Å²) in [5.74, 6) is -1.26. The Labute approximate surface area is 167 Å². The van der Waals surface area contributed by atoms with Gasteiger partial charge in [-0.25, -0.2) is 4.39 Å². The largest absolute Gasteiger partial charge is 0.469 e. The Balaban J connectivity index is 1.82. The van der Waals surface area contributed by atoms with Gasteiger partial charge in [-0.15, -0.1) is 0 Å². The molecule has 2 atom stereocenters. The van der Waals surface area contributed by atoms with E-state index in [9.17, 15) is 14.0 Å². The quantitative estimate of drug-likeness (QED) is 0.764. The minimum absolute atomic E-state index is 0.0693. The molecule has 2 N–H and O–H groups in total. The number of fused-ring (bicyclic) bond motifs is 1. The van der Waals surface area contributed by atoms with E-state index in [0.717, 1.165) is 18.3 Å². The lowest BCUT2D eigenvalue weighted by molar-refractivity contribution is -0.145. The van der Waals surface area contributed by atoms with Crippen molar-refractivity contribution in [2.24, 2.45) is 11.8 Å². The number of halogens is 1. The van der Waals surface area contributed by atoms with Crippen LogP contribution in [0.25, 0.3) is 11.3 Å². The van der Waals surface area contributed by atoms with Gasteiger partial charge in [0.25, 0.3) is 0 Å². The molecule has 2 heterocycles. The van der Waals surface area contributed by atoms with Gasteiger partial charge in [0.05, 0.1) is 36.2 Å². The lowest BCUT2D eigenvalue weighted by Gasteiger charge is -2.21. The molecule has 2 aliphatic carbocycles. The number of rotatable bonds is 4. The van der Waals surface area contributed by atoms with Crippen LogP contribution in [0.1, 0.15) is 35.8 Å². The van der Waals surface area contributed by atoms with Crippen LogP contribution in [0.15, 0.2) is 42.4 Å². The van der Waals surface area contributed by atoms with E-state index < -0.39 is 17.7 Å². The van der Waals surface area contributed by atoms with Gasteiger partial charge < -0.3 is 15.0 Å². The normalized spacial score (nSPS) is 20.8. The first-order valence-corrected chi connectivity index (χ1v) is 9.58. The SMILES string of the molecule is COC(=O)[C@@H]1CC(=O)c2c([nH]c(-c3ccncc3F)c2NC2=CC=CC(C)C2)C1. The second kappa shape index (κ2) is 7.66. The van der Waals surface area contributed by atoms with E-state index in [1.807, 2.05) is 12.2 Å². The Kier molecular flexibility index (Phi) is 5.05. The maximum Gasteiger partial charge on any atom is 0.309 e. The molecule has 1 unspecified atom stereocenters. The van der Waals surface area contributed by atoms with Crippen LogP contribution in [0, 0.1) is 17.7 Å². The molecule has 2 aliphatic rings. The van der Waals surface area contributed by atoms with Crippen LogP contribution < -0.4 is 5.32 Å². The van der Waals surface area contributed by atoms with Crippen LogP contribution in [0.4, 0.5) is 10.1 Å². The molecule has 2 aromatic rings. The Morgan fingerprint density at radius 2 is 2.17 bits per heavy atom. The van der Waals surface area contributed by atoms with E-state index in [4.69, 9.17) is 4.74 Å². The number of hydrogen-bond donors (Lipinski definition) is 2. The summed E-state index contributed by atoms with van der Waals surface area (Å²) in [5.41, 5.74) is 3.40. The molecule has 6 nitrogen and oxygen atoms in total. The van der Waals surface area contributed by atoms with Crippen LogP contribution in [-0.2, 0) is 16.0 Å². The number of methoxy groups -OCH3 is 1. The number of nitrogens with zero attached hydrogens (tertiary/aromatic N) is 1. The highest BCUT2D eigenvalue weighted by atomic mass is 19.1. The number of ether oxygens (including phenoxy) is 1. The van der Waals surface area contributed by atoms with Gasteiger partial charge in [0.2, 0.25) is 0 Å². The third kappa shape index (κ3) is 3.60. The second-order valence-corrected chi connectivity index (χ2v) is 7.52. The topological polar surface area (TPSA) is 84.1 Å². The first-order chi connectivity index (χ1) is 14.0. The van der Waals surface area contributed by atoms with Gasteiger partial charge in [-0.05, 0) is 24.5 Å². The number of Topliss-reactive ketones (excluding diaryl/α,β-unsaturated/α-hetero) is 1. The molecule has 0 spiro atoms. The van der Waals surface area contributed by atoms with Crippen molar-refractivity contribution < 1.29 is 18.7 Å². The van der Waals surface area contributed by atoms with Gasteiger partial charge in [-0.3, -0.25) is 14.6 Å². The first kappa shape index (κ1) is 19.1. The summed E-state index contributed by atoms with van der Waals surface area (Å²) in [6, 6.07) is 1.57. The molecule has 0 fully saturated rings. The fourth-order valence-electron chi connectivity index (χ4n) is 3.99. The highest BCUT2D eigenvalue weighted by molar-refractivity contribution is 6.08. The Hall–Kier alpha value is -3.22. The van der Waals surface area contributed by atoms with Gasteiger partial charge in [0.15, 0.2) is 11.6 Å². The average molecular weight is 395 g/mol. The van der Waals surface area contributed by atoms with Crippen molar-refractivity contribution in [3.63, 3.8) is 0 Å². The smallest absolute Gasteiger partial charge is 0.309 e. The lowest BCUT2D eigenvalue weighted by atomic mass is 9.86. The predicted molar refractivity (Wildman–Crippen MR) is 107 cm³/mol. The van der Waals surface area contributed by atoms with Gasteiger partial charge >= 0.3 is 5.97 Å². The molecule has 2 aromatic heterocycles. The molecule has 0 amide bonds. The van der Waals surface area contributed by atoms with Crippen molar-refractivity contribution in [3.05, 3.63) is 59.5 Å². The van der Waals surface area contributed by atoms with Gasteiger partial charge in [0, 0.05) is 36.0 Å². The summed E-state index contributed by atoms with van der Waals surface area (Å²) in [6.07, 6.45) is 9.87. The zero-order chi connectivity index (χ0) is 20.5. The number of hydrogen-bond acceptors (Lipinski definition) is 5. The van der Waals surface area contributed by atoms with E-state index in [1.165, 1.54) is 13.3 Å². The van der Waals surface area contributed by atoms with E-state index >= 15 is 0 Å². The van der Waals surface area contributed by atoms with Crippen molar-refractivity contribution in [2.45, 2.75) is 26.2 Å². The fourth-order valence-corrected chi connectivity index (χ4v) is 3.99. The van der Waals surface area contributed by atoms with Crippen molar-refractivity contribution in [1.29, 1.82) is 0 Å². The molecular formula is C22H22FN3O3. The summed E-state index contributed by atoms with van der Waals surface area (Å²) in [7, 11) is 1.31. The van der Waals surface area contributed by atoms with Crippen LogP contribution in [0.2, 0.25) is 0 Å². The zero-order valence-electron chi connectivity index (χ0n) is 16.3. The number of nitrogens with one attached hydrogen (secondary N) is 2. The second-order valence-electron chi connectivity index (χ2n) is 7.52. The van der Waals surface area contributed by atoms with Crippen LogP contribution in [-0.4, -0.2) is 28.8 Å². The number of carbonyl (C=O) groups is 2. The molecule has 150 valence electrons. The maximum absolute atomic E-state index is 14.5. The summed E-state index contributed by atoms with van der Waals surface area (Å²) in [4.78, 5) is 32.0. The van der Waals surface area contributed by atoms with Crippen molar-refractivity contribution in [1.82, 2.24) is 9.97 Å². The van der Waals surface area contributed by atoms with Crippen LogP contribution in [0.5, 0.6) is 0 Å². The number of pyridine rings is 1. The Morgan fingerprint density at radius 3 is 2.90 bits per heavy atom. The summed E-state index contributed by atoms with van der Waals surface area (Å²) >= 11 is 0. The maximum atomic E-state index is 14.5. The van der Waals surface area contributed by atoms with Crippen molar-refractivity contribution >= 4 is 17.4 Å². The van der Waals surface area contributed by atoms with E-state index in [2.05, 4.69) is 28.3 Å². The molecule has 29 heavy (non-hydrogen) atoms. The number of aromatic amines is 1. The highest BCUT2D eigenvalue weighted by Crippen LogP contribution is 2.40. The lowest BCUT2D eigenvalue weighted by Crippen LogP contribution is -2.27. The number of H-pyrrole nitrogens is 1. The number of carbonyl (C=O) groups excluding carboxylic acids is 2. The van der Waals surface area contributed by atoms with E-state index in [1.54, 1.807) is 6.07 Å².